The van der Waals surface area contributed by atoms with E-state index >= 15 is 0 Å². The van der Waals surface area contributed by atoms with E-state index in [0.29, 0.717) is 18.3 Å². The van der Waals surface area contributed by atoms with Crippen LogP contribution in [-0.2, 0) is 27.5 Å². The minimum atomic E-state index is -0.571. The van der Waals surface area contributed by atoms with Gasteiger partial charge in [0.1, 0.15) is 19.2 Å². The van der Waals surface area contributed by atoms with Crippen molar-refractivity contribution in [1.29, 1.82) is 0 Å². The molecule has 0 aliphatic heterocycles. The number of hydrogen-bond acceptors (Lipinski definition) is 6. The number of ether oxygens (including phenoxy) is 1. The van der Waals surface area contributed by atoms with Gasteiger partial charge >= 0.3 is 0 Å². The van der Waals surface area contributed by atoms with Gasteiger partial charge in [0.05, 0.1) is 0 Å². The number of methoxy groups -OCH3 is 1. The summed E-state index contributed by atoms with van der Waals surface area (Å²) in [4.78, 5) is 29.6. The van der Waals surface area contributed by atoms with Crippen molar-refractivity contribution < 1.29 is 18.8 Å². The van der Waals surface area contributed by atoms with Crippen molar-refractivity contribution in [3.63, 3.8) is 0 Å². The standard InChI is InChI=1S/C14H24N4O4/c1-6-18(7-12-16-11(8-21-5)17-22-12)14(20)13(9(2)3)15-10(4)19/h9,13H,6-8H2,1-5H3,(H,15,19)/t13-/m1/s1. The largest absolute Gasteiger partial charge is 0.377 e. The van der Waals surface area contributed by atoms with Crippen LogP contribution in [0.3, 0.4) is 0 Å². The van der Waals surface area contributed by atoms with Crippen LogP contribution in [0.15, 0.2) is 4.52 Å². The van der Waals surface area contributed by atoms with Gasteiger partial charge in [0.2, 0.25) is 17.7 Å². The summed E-state index contributed by atoms with van der Waals surface area (Å²) in [5.74, 6) is 0.357. The Morgan fingerprint density at radius 3 is 2.59 bits per heavy atom. The van der Waals surface area contributed by atoms with Gasteiger partial charge in [-0.25, -0.2) is 0 Å². The topological polar surface area (TPSA) is 97.6 Å². The molecule has 1 aromatic rings. The van der Waals surface area contributed by atoms with Gasteiger partial charge in [0.25, 0.3) is 0 Å². The van der Waals surface area contributed by atoms with E-state index < -0.39 is 6.04 Å². The van der Waals surface area contributed by atoms with Gasteiger partial charge in [-0.05, 0) is 12.8 Å². The number of aromatic nitrogens is 2. The van der Waals surface area contributed by atoms with Gasteiger partial charge < -0.3 is 19.5 Å². The molecule has 0 aliphatic carbocycles. The van der Waals surface area contributed by atoms with Gasteiger partial charge in [-0.15, -0.1) is 0 Å². The number of nitrogens with zero attached hydrogens (tertiary/aromatic N) is 3. The molecule has 0 unspecified atom stereocenters. The lowest BCUT2D eigenvalue weighted by atomic mass is 10.0. The van der Waals surface area contributed by atoms with Crippen molar-refractivity contribution in [2.24, 2.45) is 5.92 Å². The van der Waals surface area contributed by atoms with E-state index in [0.717, 1.165) is 0 Å². The van der Waals surface area contributed by atoms with Crippen LogP contribution in [0.1, 0.15) is 39.4 Å². The van der Waals surface area contributed by atoms with Crippen LogP contribution in [0.5, 0.6) is 0 Å². The first-order valence-corrected chi connectivity index (χ1v) is 7.25. The van der Waals surface area contributed by atoms with E-state index in [1.165, 1.54) is 6.92 Å². The molecule has 0 saturated carbocycles. The summed E-state index contributed by atoms with van der Waals surface area (Å²) >= 11 is 0. The Morgan fingerprint density at radius 2 is 2.09 bits per heavy atom. The molecule has 8 heteroatoms. The van der Waals surface area contributed by atoms with Crippen molar-refractivity contribution in [2.45, 2.75) is 46.9 Å². The fourth-order valence-corrected chi connectivity index (χ4v) is 1.98. The van der Waals surface area contributed by atoms with Crippen molar-refractivity contribution in [3.05, 3.63) is 11.7 Å². The van der Waals surface area contributed by atoms with Crippen LogP contribution < -0.4 is 5.32 Å². The highest BCUT2D eigenvalue weighted by Gasteiger charge is 2.28. The lowest BCUT2D eigenvalue weighted by Crippen LogP contribution is -2.50. The molecule has 1 aromatic heterocycles. The Hall–Kier alpha value is -1.96. The average molecular weight is 312 g/mol. The van der Waals surface area contributed by atoms with E-state index in [2.05, 4.69) is 15.5 Å². The van der Waals surface area contributed by atoms with Crippen molar-refractivity contribution in [1.82, 2.24) is 20.4 Å². The van der Waals surface area contributed by atoms with Crippen LogP contribution in [0.2, 0.25) is 0 Å². The Kier molecular flexibility index (Phi) is 6.97. The lowest BCUT2D eigenvalue weighted by Gasteiger charge is -2.27. The molecule has 0 spiro atoms. The summed E-state index contributed by atoms with van der Waals surface area (Å²) in [7, 11) is 1.54. The highest BCUT2D eigenvalue weighted by Crippen LogP contribution is 2.10. The number of carbonyl (C=O) groups excluding carboxylic acids is 2. The number of nitrogens with one attached hydrogen (secondary N) is 1. The summed E-state index contributed by atoms with van der Waals surface area (Å²) in [6, 6.07) is -0.571. The SMILES string of the molecule is CCN(Cc1nc(COC)no1)C(=O)[C@H](NC(C)=O)C(C)C. The number of hydrogen-bond donors (Lipinski definition) is 1. The smallest absolute Gasteiger partial charge is 0.246 e. The van der Waals surface area contributed by atoms with Gasteiger partial charge in [-0.3, -0.25) is 9.59 Å². The lowest BCUT2D eigenvalue weighted by molar-refractivity contribution is -0.138. The summed E-state index contributed by atoms with van der Waals surface area (Å²) in [6.07, 6.45) is 0. The summed E-state index contributed by atoms with van der Waals surface area (Å²) in [5, 5.41) is 6.45. The molecule has 1 atom stereocenters. The first-order valence-electron chi connectivity index (χ1n) is 7.25. The molecule has 1 rings (SSSR count). The molecule has 124 valence electrons. The van der Waals surface area contributed by atoms with Crippen molar-refractivity contribution in [2.75, 3.05) is 13.7 Å². The van der Waals surface area contributed by atoms with Crippen LogP contribution in [0, 0.1) is 5.92 Å². The highest BCUT2D eigenvalue weighted by atomic mass is 16.5. The Labute approximate surface area is 130 Å². The maximum Gasteiger partial charge on any atom is 0.246 e. The summed E-state index contributed by atoms with van der Waals surface area (Å²) < 4.78 is 10.0. The van der Waals surface area contributed by atoms with Crippen LogP contribution >= 0.6 is 0 Å². The Morgan fingerprint density at radius 1 is 1.41 bits per heavy atom. The second-order valence-electron chi connectivity index (χ2n) is 5.31. The molecule has 0 aromatic carbocycles. The van der Waals surface area contributed by atoms with Crippen LogP contribution in [0.25, 0.3) is 0 Å². The second kappa shape index (κ2) is 8.47. The van der Waals surface area contributed by atoms with E-state index in [1.807, 2.05) is 20.8 Å². The molecular formula is C14H24N4O4. The zero-order valence-electron chi connectivity index (χ0n) is 13.8. The first kappa shape index (κ1) is 18.1. The number of amides is 2. The highest BCUT2D eigenvalue weighted by molar-refractivity contribution is 5.87. The Bertz CT molecular complexity index is 501. The molecule has 0 fully saturated rings. The summed E-state index contributed by atoms with van der Waals surface area (Å²) in [5.41, 5.74) is 0. The molecule has 0 saturated heterocycles. The van der Waals surface area contributed by atoms with E-state index in [-0.39, 0.29) is 30.9 Å². The minimum Gasteiger partial charge on any atom is -0.377 e. The number of carbonyl (C=O) groups is 2. The van der Waals surface area contributed by atoms with Crippen LogP contribution in [-0.4, -0.2) is 46.6 Å². The van der Waals surface area contributed by atoms with Crippen molar-refractivity contribution in [3.8, 4) is 0 Å². The molecular weight excluding hydrogens is 288 g/mol. The second-order valence-corrected chi connectivity index (χ2v) is 5.31. The molecule has 0 aliphatic rings. The van der Waals surface area contributed by atoms with Crippen LogP contribution in [0.4, 0.5) is 0 Å². The minimum absolute atomic E-state index is 0.0165. The zero-order chi connectivity index (χ0) is 16.7. The average Bonchev–Trinajstić information content (AvgIpc) is 2.89. The monoisotopic (exact) mass is 312 g/mol. The number of likely N-dealkylation sites (N-methyl/N-ethyl adjacent to an activating group) is 1. The molecule has 22 heavy (non-hydrogen) atoms. The molecule has 2 amide bonds. The molecule has 1 N–H and O–H groups in total. The predicted molar refractivity (Wildman–Crippen MR) is 78.5 cm³/mol. The third kappa shape index (κ3) is 5.10. The fraction of sp³-hybridized carbons (Fsp3) is 0.714. The molecule has 0 bridgehead atoms. The molecule has 0 radical (unpaired) electrons. The maximum atomic E-state index is 12.6. The first-order chi connectivity index (χ1) is 10.4. The normalized spacial score (nSPS) is 12.3. The quantitative estimate of drug-likeness (QED) is 0.760. The van der Waals surface area contributed by atoms with Gasteiger partial charge in [-0.1, -0.05) is 19.0 Å². The van der Waals surface area contributed by atoms with E-state index in [1.54, 1.807) is 12.0 Å². The predicted octanol–water partition coefficient (Wildman–Crippen LogP) is 0.725. The zero-order valence-corrected chi connectivity index (χ0v) is 13.8. The van der Waals surface area contributed by atoms with Gasteiger partial charge in [-0.2, -0.15) is 4.98 Å². The van der Waals surface area contributed by atoms with Gasteiger partial charge in [0.15, 0.2) is 5.82 Å². The molecule has 1 heterocycles. The third-order valence-corrected chi connectivity index (χ3v) is 3.09. The third-order valence-electron chi connectivity index (χ3n) is 3.09. The summed E-state index contributed by atoms with van der Waals surface area (Å²) in [6.45, 7) is 7.96. The Balaban J connectivity index is 2.79. The number of rotatable bonds is 8. The fourth-order valence-electron chi connectivity index (χ4n) is 1.98. The molecule has 8 nitrogen and oxygen atoms in total. The van der Waals surface area contributed by atoms with Gasteiger partial charge in [0, 0.05) is 20.6 Å². The van der Waals surface area contributed by atoms with E-state index in [9.17, 15) is 9.59 Å². The maximum absolute atomic E-state index is 12.6. The van der Waals surface area contributed by atoms with E-state index in [4.69, 9.17) is 9.26 Å². The van der Waals surface area contributed by atoms with Crippen molar-refractivity contribution >= 4 is 11.8 Å².